The summed E-state index contributed by atoms with van der Waals surface area (Å²) < 4.78 is 60.7. The third-order valence-corrected chi connectivity index (χ3v) is 7.47. The molecular formula is C20H20BrF2NO5S. The van der Waals surface area contributed by atoms with Crippen LogP contribution in [0.3, 0.4) is 0 Å². The number of aryl methyl sites for hydroxylation is 1. The molecule has 3 rings (SSSR count). The molecule has 0 saturated carbocycles. The molecule has 1 fully saturated rings. The van der Waals surface area contributed by atoms with Crippen molar-refractivity contribution < 1.29 is 31.5 Å². The van der Waals surface area contributed by atoms with E-state index in [1.165, 1.54) is 30.2 Å². The van der Waals surface area contributed by atoms with E-state index >= 15 is 0 Å². The summed E-state index contributed by atoms with van der Waals surface area (Å²) in [7, 11) is -2.05. The number of rotatable bonds is 8. The van der Waals surface area contributed by atoms with Crippen LogP contribution in [-0.2, 0) is 21.1 Å². The third-order valence-electron chi connectivity index (χ3n) is 4.87. The monoisotopic (exact) mass is 503 g/mol. The van der Waals surface area contributed by atoms with Gasteiger partial charge in [-0.25, -0.2) is 8.42 Å². The molecule has 0 radical (unpaired) electrons. The zero-order valence-electron chi connectivity index (χ0n) is 16.1. The first-order valence-corrected chi connectivity index (χ1v) is 11.4. The number of ether oxygens (including phenoxy) is 2. The van der Waals surface area contributed by atoms with Crippen molar-refractivity contribution in [1.82, 2.24) is 4.90 Å². The highest BCUT2D eigenvalue weighted by Gasteiger charge is 2.40. The maximum atomic E-state index is 12.7. The van der Waals surface area contributed by atoms with Crippen LogP contribution in [0.2, 0.25) is 0 Å². The predicted octanol–water partition coefficient (Wildman–Crippen LogP) is 3.68. The van der Waals surface area contributed by atoms with Gasteiger partial charge in [0.15, 0.2) is 9.84 Å². The number of carbonyl (C=O) groups excluding carboxylic acids is 1. The van der Waals surface area contributed by atoms with Crippen molar-refractivity contribution in [2.75, 3.05) is 20.2 Å². The normalized spacial score (nSPS) is 14.5. The Balaban J connectivity index is 1.57. The van der Waals surface area contributed by atoms with Crippen molar-refractivity contribution in [3.05, 3.63) is 52.5 Å². The molecule has 0 unspecified atom stereocenters. The van der Waals surface area contributed by atoms with Crippen molar-refractivity contribution in [3.63, 3.8) is 0 Å². The standard InChI is InChI=1S/C20H20BrF2NO5S/c1-28-15-4-6-16(7-5-15)30(26,27)17-11-24(12-17)19(25)9-2-13-10-14(21)3-8-18(13)29-20(22)23/h3-8,10,17,20H,2,9,11-12H2,1H3. The number of methoxy groups -OCH3 is 1. The number of nitrogens with zero attached hydrogens (tertiary/aromatic N) is 1. The van der Waals surface area contributed by atoms with Crippen molar-refractivity contribution in [3.8, 4) is 11.5 Å². The molecule has 30 heavy (non-hydrogen) atoms. The van der Waals surface area contributed by atoms with Crippen molar-refractivity contribution in [2.45, 2.75) is 29.6 Å². The van der Waals surface area contributed by atoms with Crippen LogP contribution in [0.4, 0.5) is 8.78 Å². The zero-order valence-corrected chi connectivity index (χ0v) is 18.5. The van der Waals surface area contributed by atoms with Gasteiger partial charge in [-0.15, -0.1) is 0 Å². The minimum absolute atomic E-state index is 0.0181. The lowest BCUT2D eigenvalue weighted by Gasteiger charge is -2.38. The van der Waals surface area contributed by atoms with Crippen LogP contribution in [0.5, 0.6) is 11.5 Å². The topological polar surface area (TPSA) is 72.9 Å². The van der Waals surface area contributed by atoms with Gasteiger partial charge in [0.2, 0.25) is 5.91 Å². The van der Waals surface area contributed by atoms with E-state index in [0.717, 1.165) is 0 Å². The molecule has 1 amide bonds. The lowest BCUT2D eigenvalue weighted by atomic mass is 10.1. The highest BCUT2D eigenvalue weighted by molar-refractivity contribution is 9.10. The molecule has 1 saturated heterocycles. The van der Waals surface area contributed by atoms with Crippen LogP contribution in [0.15, 0.2) is 51.8 Å². The van der Waals surface area contributed by atoms with Gasteiger partial charge < -0.3 is 14.4 Å². The molecular weight excluding hydrogens is 484 g/mol. The van der Waals surface area contributed by atoms with Crippen LogP contribution in [0.25, 0.3) is 0 Å². The summed E-state index contributed by atoms with van der Waals surface area (Å²) in [6.45, 7) is -2.75. The van der Waals surface area contributed by atoms with E-state index in [4.69, 9.17) is 4.74 Å². The molecule has 0 aliphatic carbocycles. The number of amides is 1. The number of hydrogen-bond acceptors (Lipinski definition) is 5. The first-order valence-electron chi connectivity index (χ1n) is 9.09. The zero-order chi connectivity index (χ0) is 21.9. The van der Waals surface area contributed by atoms with E-state index in [-0.39, 0.29) is 42.5 Å². The molecule has 0 bridgehead atoms. The average molecular weight is 504 g/mol. The first-order chi connectivity index (χ1) is 14.2. The largest absolute Gasteiger partial charge is 0.497 e. The van der Waals surface area contributed by atoms with Gasteiger partial charge in [0.25, 0.3) is 0 Å². The van der Waals surface area contributed by atoms with Crippen LogP contribution >= 0.6 is 15.9 Å². The molecule has 2 aromatic carbocycles. The maximum absolute atomic E-state index is 12.7. The number of alkyl halides is 2. The Kier molecular flexibility index (Phi) is 6.97. The number of benzene rings is 2. The Morgan fingerprint density at radius 1 is 1.20 bits per heavy atom. The molecule has 0 N–H and O–H groups in total. The minimum Gasteiger partial charge on any atom is -0.497 e. The van der Waals surface area contributed by atoms with E-state index in [2.05, 4.69) is 20.7 Å². The highest BCUT2D eigenvalue weighted by Crippen LogP contribution is 2.28. The third kappa shape index (κ3) is 5.10. The molecule has 1 aliphatic heterocycles. The molecule has 0 spiro atoms. The van der Waals surface area contributed by atoms with E-state index in [9.17, 15) is 22.0 Å². The van der Waals surface area contributed by atoms with Crippen molar-refractivity contribution in [2.24, 2.45) is 0 Å². The number of likely N-dealkylation sites (tertiary alicyclic amines) is 1. The van der Waals surface area contributed by atoms with E-state index in [1.54, 1.807) is 24.3 Å². The summed E-state index contributed by atoms with van der Waals surface area (Å²) in [5.41, 5.74) is 0.473. The Morgan fingerprint density at radius 2 is 1.87 bits per heavy atom. The van der Waals surface area contributed by atoms with Gasteiger partial charge in [-0.3, -0.25) is 4.79 Å². The van der Waals surface area contributed by atoms with Gasteiger partial charge in [0.05, 0.1) is 12.0 Å². The fourth-order valence-electron chi connectivity index (χ4n) is 3.15. The van der Waals surface area contributed by atoms with Gasteiger partial charge in [-0.1, -0.05) is 15.9 Å². The summed E-state index contributed by atoms with van der Waals surface area (Å²) in [6, 6.07) is 10.7. The van der Waals surface area contributed by atoms with E-state index < -0.39 is 21.7 Å². The summed E-state index contributed by atoms with van der Waals surface area (Å²) in [5, 5.41) is -0.668. The van der Waals surface area contributed by atoms with Gasteiger partial charge in [0, 0.05) is 24.0 Å². The molecule has 162 valence electrons. The Morgan fingerprint density at radius 3 is 2.47 bits per heavy atom. The smallest absolute Gasteiger partial charge is 0.387 e. The van der Waals surface area contributed by atoms with Crippen LogP contribution in [-0.4, -0.2) is 51.3 Å². The maximum Gasteiger partial charge on any atom is 0.387 e. The van der Waals surface area contributed by atoms with E-state index in [0.29, 0.717) is 15.8 Å². The summed E-state index contributed by atoms with van der Waals surface area (Å²) in [5.74, 6) is 0.339. The van der Waals surface area contributed by atoms with Crippen molar-refractivity contribution >= 4 is 31.7 Å². The highest BCUT2D eigenvalue weighted by atomic mass is 79.9. The van der Waals surface area contributed by atoms with Crippen molar-refractivity contribution in [1.29, 1.82) is 0 Å². The molecule has 6 nitrogen and oxygen atoms in total. The van der Waals surface area contributed by atoms with Gasteiger partial charge >= 0.3 is 6.61 Å². The molecule has 0 atom stereocenters. The van der Waals surface area contributed by atoms with Gasteiger partial charge in [-0.05, 0) is 54.4 Å². The number of hydrogen-bond donors (Lipinski definition) is 0. The Bertz CT molecular complexity index is 1010. The number of sulfone groups is 1. The first kappa shape index (κ1) is 22.5. The summed E-state index contributed by atoms with van der Waals surface area (Å²) >= 11 is 3.27. The van der Waals surface area contributed by atoms with Crippen LogP contribution in [0.1, 0.15) is 12.0 Å². The fourth-order valence-corrected chi connectivity index (χ4v) is 5.21. The van der Waals surface area contributed by atoms with E-state index in [1.807, 2.05) is 0 Å². The number of carbonyl (C=O) groups is 1. The minimum atomic E-state index is -3.55. The van der Waals surface area contributed by atoms with Crippen LogP contribution in [0, 0.1) is 0 Å². The fraction of sp³-hybridized carbons (Fsp3) is 0.350. The summed E-state index contributed by atoms with van der Waals surface area (Å²) in [6.07, 6.45) is 0.262. The Labute approximate surface area is 181 Å². The number of halogens is 3. The average Bonchev–Trinajstić information content (AvgIpc) is 2.66. The lowest BCUT2D eigenvalue weighted by molar-refractivity contribution is -0.134. The Hall–Kier alpha value is -2.20. The molecule has 1 heterocycles. The quantitative estimate of drug-likeness (QED) is 0.549. The molecule has 10 heteroatoms. The van der Waals surface area contributed by atoms with Crippen LogP contribution < -0.4 is 9.47 Å². The second-order valence-electron chi connectivity index (χ2n) is 6.77. The molecule has 2 aromatic rings. The molecule has 0 aromatic heterocycles. The summed E-state index contributed by atoms with van der Waals surface area (Å²) in [4.78, 5) is 14.1. The lowest BCUT2D eigenvalue weighted by Crippen LogP contribution is -2.56. The SMILES string of the molecule is COc1ccc(S(=O)(=O)C2CN(C(=O)CCc3cc(Br)ccc3OC(F)F)C2)cc1. The van der Waals surface area contributed by atoms with Gasteiger partial charge in [-0.2, -0.15) is 8.78 Å². The molecule has 1 aliphatic rings. The van der Waals surface area contributed by atoms with Gasteiger partial charge in [0.1, 0.15) is 16.7 Å². The predicted molar refractivity (Wildman–Crippen MR) is 110 cm³/mol. The second-order valence-corrected chi connectivity index (χ2v) is 9.92. The second kappa shape index (κ2) is 9.30.